The van der Waals surface area contributed by atoms with Crippen molar-refractivity contribution in [1.82, 2.24) is 10.3 Å². The van der Waals surface area contributed by atoms with Crippen LogP contribution in [0, 0.1) is 18.8 Å². The van der Waals surface area contributed by atoms with E-state index in [0.29, 0.717) is 0 Å². The number of anilines is 1. The van der Waals surface area contributed by atoms with Crippen molar-refractivity contribution in [3.63, 3.8) is 0 Å². The van der Waals surface area contributed by atoms with Crippen molar-refractivity contribution < 1.29 is 0 Å². The molecule has 100 valence electrons. The predicted octanol–water partition coefficient (Wildman–Crippen LogP) is 2.59. The number of hydrogen-bond acceptors (Lipinski definition) is 3. The molecule has 18 heavy (non-hydrogen) atoms. The second-order valence-electron chi connectivity index (χ2n) is 5.74. The molecule has 0 spiro atoms. The third kappa shape index (κ3) is 3.02. The van der Waals surface area contributed by atoms with E-state index in [4.69, 9.17) is 4.98 Å². The van der Waals surface area contributed by atoms with Crippen LogP contribution in [0.4, 0.5) is 5.82 Å². The van der Waals surface area contributed by atoms with Gasteiger partial charge in [0.2, 0.25) is 0 Å². The van der Waals surface area contributed by atoms with Gasteiger partial charge in [-0.05, 0) is 49.9 Å². The molecule has 1 N–H and O–H groups in total. The molecule has 1 fully saturated rings. The summed E-state index contributed by atoms with van der Waals surface area (Å²) in [5.74, 6) is 2.75. The van der Waals surface area contributed by atoms with Gasteiger partial charge < -0.3 is 10.2 Å². The summed E-state index contributed by atoms with van der Waals surface area (Å²) >= 11 is 0. The summed E-state index contributed by atoms with van der Waals surface area (Å²) < 4.78 is 0. The van der Waals surface area contributed by atoms with Gasteiger partial charge in [0.25, 0.3) is 0 Å². The highest BCUT2D eigenvalue weighted by Gasteiger charge is 2.25. The molecule has 1 aromatic rings. The van der Waals surface area contributed by atoms with Gasteiger partial charge in [-0.3, -0.25) is 0 Å². The highest BCUT2D eigenvalue weighted by molar-refractivity contribution is 5.43. The van der Waals surface area contributed by atoms with E-state index in [2.05, 4.69) is 43.1 Å². The van der Waals surface area contributed by atoms with Gasteiger partial charge in [0.05, 0.1) is 0 Å². The van der Waals surface area contributed by atoms with Crippen LogP contribution >= 0.6 is 0 Å². The maximum atomic E-state index is 4.69. The second kappa shape index (κ2) is 5.70. The fourth-order valence-corrected chi connectivity index (χ4v) is 2.73. The van der Waals surface area contributed by atoms with E-state index in [9.17, 15) is 0 Å². The van der Waals surface area contributed by atoms with Crippen LogP contribution < -0.4 is 10.2 Å². The first-order valence-corrected chi connectivity index (χ1v) is 6.97. The fraction of sp³-hybridized carbons (Fsp3) is 0.667. The van der Waals surface area contributed by atoms with Crippen LogP contribution in [0.1, 0.15) is 31.5 Å². The smallest absolute Gasteiger partial charge is 0.129 e. The van der Waals surface area contributed by atoms with E-state index in [1.54, 1.807) is 0 Å². The van der Waals surface area contributed by atoms with Crippen LogP contribution in [0.2, 0.25) is 0 Å². The van der Waals surface area contributed by atoms with Crippen molar-refractivity contribution in [2.45, 2.75) is 33.7 Å². The first-order valence-electron chi connectivity index (χ1n) is 6.97. The van der Waals surface area contributed by atoms with Gasteiger partial charge in [0.1, 0.15) is 5.82 Å². The Labute approximate surface area is 111 Å². The molecule has 0 saturated carbocycles. The largest absolute Gasteiger partial charge is 0.356 e. The van der Waals surface area contributed by atoms with Crippen molar-refractivity contribution in [1.29, 1.82) is 0 Å². The first-order chi connectivity index (χ1) is 8.60. The van der Waals surface area contributed by atoms with E-state index >= 15 is 0 Å². The molecule has 0 aromatic carbocycles. The van der Waals surface area contributed by atoms with Crippen molar-refractivity contribution in [2.75, 3.05) is 25.0 Å². The van der Waals surface area contributed by atoms with E-state index < -0.39 is 0 Å². The number of nitrogens with one attached hydrogen (secondary N) is 1. The van der Waals surface area contributed by atoms with Gasteiger partial charge in [0, 0.05) is 25.3 Å². The molecule has 3 heteroatoms. The molecule has 1 unspecified atom stereocenters. The summed E-state index contributed by atoms with van der Waals surface area (Å²) in [6.45, 7) is 9.95. The van der Waals surface area contributed by atoms with Crippen LogP contribution in [0.15, 0.2) is 12.1 Å². The average molecular weight is 247 g/mol. The van der Waals surface area contributed by atoms with Crippen LogP contribution in [-0.2, 0) is 6.54 Å². The van der Waals surface area contributed by atoms with Crippen LogP contribution in [-0.4, -0.2) is 25.1 Å². The van der Waals surface area contributed by atoms with E-state index in [1.807, 2.05) is 7.05 Å². The lowest BCUT2D eigenvalue weighted by atomic mass is 9.95. The van der Waals surface area contributed by atoms with Crippen LogP contribution in [0.5, 0.6) is 0 Å². The minimum atomic E-state index is 0.775. The third-order valence-electron chi connectivity index (χ3n) is 3.87. The van der Waals surface area contributed by atoms with E-state index in [1.165, 1.54) is 12.0 Å². The standard InChI is InChI=1S/C15H25N3/c1-11(2)14-5-6-18(10-14)15-8-13(9-16-4)7-12(3)17-15/h7-8,11,14,16H,5-6,9-10H2,1-4H3. The molecule has 2 heterocycles. The molecule has 0 aliphatic carbocycles. The van der Waals surface area contributed by atoms with Crippen molar-refractivity contribution in [3.8, 4) is 0 Å². The zero-order valence-corrected chi connectivity index (χ0v) is 12.0. The second-order valence-corrected chi connectivity index (χ2v) is 5.74. The lowest BCUT2D eigenvalue weighted by molar-refractivity contribution is 0.422. The Hall–Kier alpha value is -1.09. The minimum absolute atomic E-state index is 0.775. The lowest BCUT2D eigenvalue weighted by Crippen LogP contribution is -2.22. The molecule has 1 aliphatic rings. The number of rotatable bonds is 4. The summed E-state index contributed by atoms with van der Waals surface area (Å²) in [6, 6.07) is 4.39. The van der Waals surface area contributed by atoms with E-state index in [0.717, 1.165) is 43.0 Å². The zero-order chi connectivity index (χ0) is 13.1. The zero-order valence-electron chi connectivity index (χ0n) is 12.0. The molecule has 3 nitrogen and oxygen atoms in total. The molecule has 0 bridgehead atoms. The predicted molar refractivity (Wildman–Crippen MR) is 76.9 cm³/mol. The third-order valence-corrected chi connectivity index (χ3v) is 3.87. The summed E-state index contributed by atoms with van der Waals surface area (Å²) in [5.41, 5.74) is 2.44. The van der Waals surface area contributed by atoms with Gasteiger partial charge in [-0.1, -0.05) is 13.8 Å². The topological polar surface area (TPSA) is 28.2 Å². The first kappa shape index (κ1) is 13.3. The van der Waals surface area contributed by atoms with Crippen molar-refractivity contribution >= 4 is 5.82 Å². The Morgan fingerprint density at radius 1 is 1.44 bits per heavy atom. The Morgan fingerprint density at radius 2 is 2.22 bits per heavy atom. The maximum absolute atomic E-state index is 4.69. The van der Waals surface area contributed by atoms with E-state index in [-0.39, 0.29) is 0 Å². The average Bonchev–Trinajstić information content (AvgIpc) is 2.78. The number of hydrogen-bond donors (Lipinski definition) is 1. The van der Waals surface area contributed by atoms with Crippen LogP contribution in [0.3, 0.4) is 0 Å². The molecular weight excluding hydrogens is 222 g/mol. The Bertz CT molecular complexity index is 401. The summed E-state index contributed by atoms with van der Waals surface area (Å²) in [7, 11) is 1.99. The number of nitrogens with zero attached hydrogens (tertiary/aromatic N) is 2. The minimum Gasteiger partial charge on any atom is -0.356 e. The Kier molecular flexibility index (Phi) is 4.23. The molecule has 0 radical (unpaired) electrons. The van der Waals surface area contributed by atoms with Gasteiger partial charge in [-0.15, -0.1) is 0 Å². The molecule has 1 aromatic heterocycles. The highest BCUT2D eigenvalue weighted by atomic mass is 15.2. The van der Waals surface area contributed by atoms with Gasteiger partial charge in [-0.2, -0.15) is 0 Å². The normalized spacial score (nSPS) is 19.8. The maximum Gasteiger partial charge on any atom is 0.129 e. The summed E-state index contributed by atoms with van der Waals surface area (Å²) in [5, 5.41) is 3.21. The SMILES string of the molecule is CNCc1cc(C)nc(N2CCC(C(C)C)C2)c1. The van der Waals surface area contributed by atoms with Gasteiger partial charge >= 0.3 is 0 Å². The Morgan fingerprint density at radius 3 is 2.83 bits per heavy atom. The molecule has 1 atom stereocenters. The number of pyridine rings is 1. The number of aromatic nitrogens is 1. The van der Waals surface area contributed by atoms with Gasteiger partial charge in [0.15, 0.2) is 0 Å². The molecule has 1 aliphatic heterocycles. The fourth-order valence-electron chi connectivity index (χ4n) is 2.73. The summed E-state index contributed by atoms with van der Waals surface area (Å²) in [6.07, 6.45) is 1.30. The molecule has 1 saturated heterocycles. The quantitative estimate of drug-likeness (QED) is 0.886. The molecule has 0 amide bonds. The van der Waals surface area contributed by atoms with Crippen molar-refractivity contribution in [3.05, 3.63) is 23.4 Å². The lowest BCUT2D eigenvalue weighted by Gasteiger charge is -2.20. The van der Waals surface area contributed by atoms with Gasteiger partial charge in [-0.25, -0.2) is 4.98 Å². The number of aryl methyl sites for hydroxylation is 1. The molecular formula is C15H25N3. The monoisotopic (exact) mass is 247 g/mol. The Balaban J connectivity index is 2.13. The molecule has 2 rings (SSSR count). The van der Waals surface area contributed by atoms with Crippen molar-refractivity contribution in [2.24, 2.45) is 11.8 Å². The summed E-state index contributed by atoms with van der Waals surface area (Å²) in [4.78, 5) is 7.13. The highest BCUT2D eigenvalue weighted by Crippen LogP contribution is 2.27. The van der Waals surface area contributed by atoms with Crippen LogP contribution in [0.25, 0.3) is 0 Å².